The first kappa shape index (κ1) is 14.9. The molecule has 0 unspecified atom stereocenters. The van der Waals surface area contributed by atoms with Crippen molar-refractivity contribution in [3.63, 3.8) is 0 Å². The van der Waals surface area contributed by atoms with E-state index in [2.05, 4.69) is 0 Å². The Morgan fingerprint density at radius 1 is 1.53 bits per heavy atom. The van der Waals surface area contributed by atoms with E-state index < -0.39 is 10.0 Å². The topological polar surface area (TPSA) is 66.8 Å². The van der Waals surface area contributed by atoms with Crippen LogP contribution in [0.25, 0.3) is 0 Å². The van der Waals surface area contributed by atoms with Gasteiger partial charge in [-0.3, -0.25) is 0 Å². The summed E-state index contributed by atoms with van der Waals surface area (Å²) in [6, 6.07) is 1.45. The van der Waals surface area contributed by atoms with E-state index >= 15 is 0 Å². The molecule has 1 aromatic rings. The van der Waals surface area contributed by atoms with Crippen molar-refractivity contribution in [2.45, 2.75) is 31.2 Å². The van der Waals surface area contributed by atoms with Gasteiger partial charge in [-0.2, -0.15) is 4.31 Å². The molecule has 1 saturated heterocycles. The summed E-state index contributed by atoms with van der Waals surface area (Å²) in [5.74, 6) is 0. The van der Waals surface area contributed by atoms with Crippen LogP contribution in [0.3, 0.4) is 0 Å². The highest BCUT2D eigenvalue weighted by molar-refractivity contribution is 7.89. The third-order valence-electron chi connectivity index (χ3n) is 3.22. The molecule has 1 aromatic heterocycles. The number of rotatable bonds is 4. The van der Waals surface area contributed by atoms with Crippen LogP contribution < -0.4 is 0 Å². The van der Waals surface area contributed by atoms with Gasteiger partial charge in [0.1, 0.15) is 0 Å². The monoisotopic (exact) mass is 305 g/mol. The number of hydrogen-bond acceptors (Lipinski definition) is 5. The minimum atomic E-state index is -3.49. The van der Waals surface area contributed by atoms with Gasteiger partial charge in [-0.1, -0.05) is 0 Å². The van der Waals surface area contributed by atoms with Crippen LogP contribution in [0.15, 0.2) is 11.0 Å². The molecule has 5 nitrogen and oxygen atoms in total. The highest BCUT2D eigenvalue weighted by atomic mass is 32.2. The molecular formula is C12H19NO4S2. The molecule has 2 heterocycles. The van der Waals surface area contributed by atoms with E-state index in [4.69, 9.17) is 9.84 Å². The SMILES string of the molecule is Cc1cc(S(=O)(=O)N2CCOC[C@H]2CCO)c(C)s1. The van der Waals surface area contributed by atoms with Gasteiger partial charge in [0, 0.05) is 22.9 Å². The van der Waals surface area contributed by atoms with Crippen LogP contribution in [-0.2, 0) is 14.8 Å². The third-order valence-corrected chi connectivity index (χ3v) is 6.39. The van der Waals surface area contributed by atoms with Crippen molar-refractivity contribution in [2.75, 3.05) is 26.4 Å². The van der Waals surface area contributed by atoms with Gasteiger partial charge in [0.15, 0.2) is 0 Å². The number of ether oxygens (including phenoxy) is 1. The Morgan fingerprint density at radius 3 is 2.84 bits per heavy atom. The molecule has 0 saturated carbocycles. The van der Waals surface area contributed by atoms with Gasteiger partial charge < -0.3 is 9.84 Å². The maximum absolute atomic E-state index is 12.7. The summed E-state index contributed by atoms with van der Waals surface area (Å²) >= 11 is 1.49. The number of thiophene rings is 1. The van der Waals surface area contributed by atoms with Gasteiger partial charge in [-0.15, -0.1) is 11.3 Å². The first-order valence-electron chi connectivity index (χ1n) is 6.24. The van der Waals surface area contributed by atoms with E-state index in [0.29, 0.717) is 31.1 Å². The first-order valence-corrected chi connectivity index (χ1v) is 8.50. The normalized spacial score (nSPS) is 21.7. The Bertz CT molecular complexity index is 536. The van der Waals surface area contributed by atoms with E-state index in [1.54, 1.807) is 6.07 Å². The zero-order valence-corrected chi connectivity index (χ0v) is 12.8. The Hall–Kier alpha value is -0.470. The highest BCUT2D eigenvalue weighted by Crippen LogP contribution is 2.29. The van der Waals surface area contributed by atoms with Crippen LogP contribution in [0.2, 0.25) is 0 Å². The number of hydrogen-bond donors (Lipinski definition) is 1. The Morgan fingerprint density at radius 2 is 2.26 bits per heavy atom. The lowest BCUT2D eigenvalue weighted by Gasteiger charge is -2.34. The van der Waals surface area contributed by atoms with Crippen LogP contribution >= 0.6 is 11.3 Å². The first-order chi connectivity index (χ1) is 8.96. The summed E-state index contributed by atoms with van der Waals surface area (Å²) in [6.45, 7) is 4.79. The Kier molecular flexibility index (Phi) is 4.62. The molecule has 1 aliphatic rings. The molecule has 0 radical (unpaired) electrons. The molecule has 0 aliphatic carbocycles. The lowest BCUT2D eigenvalue weighted by atomic mass is 10.2. The second-order valence-electron chi connectivity index (χ2n) is 4.63. The summed E-state index contributed by atoms with van der Waals surface area (Å²) in [7, 11) is -3.49. The maximum atomic E-state index is 12.7. The number of sulfonamides is 1. The highest BCUT2D eigenvalue weighted by Gasteiger charge is 2.35. The van der Waals surface area contributed by atoms with Crippen molar-refractivity contribution in [1.29, 1.82) is 0 Å². The van der Waals surface area contributed by atoms with E-state index in [0.717, 1.165) is 9.75 Å². The minimum absolute atomic E-state index is 0.0400. The second-order valence-corrected chi connectivity index (χ2v) is 7.95. The van der Waals surface area contributed by atoms with Gasteiger partial charge in [0.2, 0.25) is 10.0 Å². The van der Waals surface area contributed by atoms with Crippen LogP contribution in [-0.4, -0.2) is 50.2 Å². The van der Waals surface area contributed by atoms with E-state index in [-0.39, 0.29) is 12.6 Å². The number of aliphatic hydroxyl groups excluding tert-OH is 1. The fraction of sp³-hybridized carbons (Fsp3) is 0.667. The fourth-order valence-corrected chi connectivity index (χ4v) is 5.47. The average Bonchev–Trinajstić information content (AvgIpc) is 2.70. The van der Waals surface area contributed by atoms with Crippen molar-refractivity contribution in [1.82, 2.24) is 4.31 Å². The van der Waals surface area contributed by atoms with E-state index in [9.17, 15) is 8.42 Å². The number of morpholine rings is 1. The zero-order valence-electron chi connectivity index (χ0n) is 11.1. The smallest absolute Gasteiger partial charge is 0.244 e. The second kappa shape index (κ2) is 5.88. The van der Waals surface area contributed by atoms with Gasteiger partial charge in [-0.25, -0.2) is 8.42 Å². The Balaban J connectivity index is 2.34. The molecule has 0 amide bonds. The molecular weight excluding hydrogens is 286 g/mol. The molecule has 108 valence electrons. The molecule has 1 N–H and O–H groups in total. The number of aliphatic hydroxyl groups is 1. The van der Waals surface area contributed by atoms with Gasteiger partial charge >= 0.3 is 0 Å². The summed E-state index contributed by atoms with van der Waals surface area (Å²) in [5.41, 5.74) is 0. The molecule has 1 atom stereocenters. The maximum Gasteiger partial charge on any atom is 0.244 e. The summed E-state index contributed by atoms with van der Waals surface area (Å²) < 4.78 is 32.2. The minimum Gasteiger partial charge on any atom is -0.396 e. The van der Waals surface area contributed by atoms with E-state index in [1.807, 2.05) is 13.8 Å². The van der Waals surface area contributed by atoms with Crippen LogP contribution in [0, 0.1) is 13.8 Å². The van der Waals surface area contributed by atoms with Crippen LogP contribution in [0.5, 0.6) is 0 Å². The molecule has 1 aliphatic heterocycles. The standard InChI is InChI=1S/C12H19NO4S2/c1-9-7-12(10(2)18-9)19(15,16)13-4-6-17-8-11(13)3-5-14/h7,11,14H,3-6,8H2,1-2H3/t11-/m1/s1. The number of nitrogens with zero attached hydrogens (tertiary/aromatic N) is 1. The third kappa shape index (κ3) is 3.00. The lowest BCUT2D eigenvalue weighted by molar-refractivity contribution is 0.0237. The molecule has 0 aromatic carbocycles. The molecule has 0 bridgehead atoms. The lowest BCUT2D eigenvalue weighted by Crippen LogP contribution is -2.48. The van der Waals surface area contributed by atoms with Crippen molar-refractivity contribution >= 4 is 21.4 Å². The fourth-order valence-electron chi connectivity index (χ4n) is 2.32. The molecule has 1 fully saturated rings. The van der Waals surface area contributed by atoms with Gasteiger partial charge in [0.25, 0.3) is 0 Å². The Labute approximate surface area is 117 Å². The molecule has 19 heavy (non-hydrogen) atoms. The quantitative estimate of drug-likeness (QED) is 0.906. The zero-order chi connectivity index (χ0) is 14.0. The summed E-state index contributed by atoms with van der Waals surface area (Å²) in [4.78, 5) is 2.19. The van der Waals surface area contributed by atoms with Crippen molar-refractivity contribution in [3.8, 4) is 0 Å². The van der Waals surface area contributed by atoms with Crippen molar-refractivity contribution in [3.05, 3.63) is 15.8 Å². The summed E-state index contributed by atoms with van der Waals surface area (Å²) in [5, 5.41) is 9.06. The predicted molar refractivity (Wildman–Crippen MR) is 74.0 cm³/mol. The van der Waals surface area contributed by atoms with Crippen molar-refractivity contribution < 1.29 is 18.3 Å². The van der Waals surface area contributed by atoms with E-state index in [1.165, 1.54) is 15.6 Å². The predicted octanol–water partition coefficient (Wildman–Crippen LogP) is 1.14. The van der Waals surface area contributed by atoms with Crippen molar-refractivity contribution in [2.24, 2.45) is 0 Å². The molecule has 0 spiro atoms. The number of aryl methyl sites for hydroxylation is 2. The van der Waals surface area contributed by atoms with Gasteiger partial charge in [-0.05, 0) is 26.3 Å². The van der Waals surface area contributed by atoms with Crippen LogP contribution in [0.1, 0.15) is 16.2 Å². The largest absolute Gasteiger partial charge is 0.396 e. The summed E-state index contributed by atoms with van der Waals surface area (Å²) in [6.07, 6.45) is 0.404. The van der Waals surface area contributed by atoms with Crippen LogP contribution in [0.4, 0.5) is 0 Å². The van der Waals surface area contributed by atoms with Gasteiger partial charge in [0.05, 0.1) is 24.2 Å². The molecule has 7 heteroatoms. The average molecular weight is 305 g/mol. The molecule has 2 rings (SSSR count).